The van der Waals surface area contributed by atoms with E-state index < -0.39 is 6.23 Å². The number of hydrogen-bond acceptors (Lipinski definition) is 4. The fourth-order valence-electron chi connectivity index (χ4n) is 1.81. The maximum atomic E-state index is 10.5. The summed E-state index contributed by atoms with van der Waals surface area (Å²) < 4.78 is 5.56. The zero-order valence-corrected chi connectivity index (χ0v) is 8.87. The highest BCUT2D eigenvalue weighted by molar-refractivity contribution is 5.58. The average molecular weight is 221 g/mol. The molecule has 0 saturated carbocycles. The second-order valence-corrected chi connectivity index (χ2v) is 3.92. The number of nitrogens with one attached hydrogen (secondary N) is 1. The Morgan fingerprint density at radius 3 is 2.81 bits per heavy atom. The molecule has 1 saturated heterocycles. The van der Waals surface area contributed by atoms with Crippen molar-refractivity contribution in [3.8, 4) is 0 Å². The Labute approximate surface area is 94.2 Å². The van der Waals surface area contributed by atoms with E-state index in [0.717, 1.165) is 11.8 Å². The van der Waals surface area contributed by atoms with E-state index in [1.807, 2.05) is 30.3 Å². The second-order valence-electron chi connectivity index (χ2n) is 3.92. The summed E-state index contributed by atoms with van der Waals surface area (Å²) in [6, 6.07) is 9.46. The van der Waals surface area contributed by atoms with Crippen LogP contribution in [0.5, 0.6) is 0 Å². The quantitative estimate of drug-likeness (QED) is 0.725. The SMILES string of the molecule is O=C[C@@H]1C[C@@H](OCc2ccccc2)C(O)N1. The van der Waals surface area contributed by atoms with Crippen LogP contribution in [0.4, 0.5) is 0 Å². The Morgan fingerprint density at radius 2 is 2.19 bits per heavy atom. The highest BCUT2D eigenvalue weighted by Gasteiger charge is 2.32. The van der Waals surface area contributed by atoms with Crippen LogP contribution in [0.15, 0.2) is 30.3 Å². The van der Waals surface area contributed by atoms with E-state index in [2.05, 4.69) is 5.32 Å². The smallest absolute Gasteiger partial charge is 0.137 e. The van der Waals surface area contributed by atoms with E-state index in [4.69, 9.17) is 4.74 Å². The number of aliphatic hydroxyl groups excluding tert-OH is 1. The molecule has 1 fully saturated rings. The Bertz CT molecular complexity index is 341. The molecule has 1 unspecified atom stereocenters. The van der Waals surface area contributed by atoms with Crippen molar-refractivity contribution in [3.63, 3.8) is 0 Å². The molecule has 0 radical (unpaired) electrons. The maximum absolute atomic E-state index is 10.5. The molecule has 0 aliphatic carbocycles. The summed E-state index contributed by atoms with van der Waals surface area (Å²) in [5.74, 6) is 0. The standard InChI is InChI=1S/C12H15NO3/c14-7-10-6-11(12(15)13-10)16-8-9-4-2-1-3-5-9/h1-5,7,10-13,15H,6,8H2/t10-,11+,12?/m0/s1. The molecule has 1 heterocycles. The summed E-state index contributed by atoms with van der Waals surface area (Å²) in [5, 5.41) is 12.3. The molecule has 16 heavy (non-hydrogen) atoms. The Hall–Kier alpha value is -1.23. The number of hydrogen-bond donors (Lipinski definition) is 2. The minimum atomic E-state index is -0.751. The van der Waals surface area contributed by atoms with Gasteiger partial charge in [0.2, 0.25) is 0 Å². The molecule has 1 aromatic rings. The zero-order chi connectivity index (χ0) is 11.4. The second kappa shape index (κ2) is 5.21. The molecule has 4 heteroatoms. The molecular formula is C12H15NO3. The number of benzene rings is 1. The molecule has 86 valence electrons. The van der Waals surface area contributed by atoms with Gasteiger partial charge in [-0.3, -0.25) is 5.32 Å². The topological polar surface area (TPSA) is 58.6 Å². The van der Waals surface area contributed by atoms with E-state index in [1.54, 1.807) is 0 Å². The van der Waals surface area contributed by atoms with E-state index in [1.165, 1.54) is 0 Å². The van der Waals surface area contributed by atoms with Crippen molar-refractivity contribution in [1.29, 1.82) is 0 Å². The van der Waals surface area contributed by atoms with Gasteiger partial charge in [0.1, 0.15) is 12.5 Å². The van der Waals surface area contributed by atoms with Gasteiger partial charge in [-0.15, -0.1) is 0 Å². The molecule has 0 amide bonds. The van der Waals surface area contributed by atoms with Gasteiger partial charge in [0.15, 0.2) is 0 Å². The van der Waals surface area contributed by atoms with Gasteiger partial charge in [-0.05, 0) is 12.0 Å². The number of ether oxygens (including phenoxy) is 1. The molecule has 0 aromatic heterocycles. The number of aldehydes is 1. The van der Waals surface area contributed by atoms with E-state index in [0.29, 0.717) is 13.0 Å². The van der Waals surface area contributed by atoms with Crippen LogP contribution in [-0.4, -0.2) is 29.8 Å². The first-order valence-corrected chi connectivity index (χ1v) is 5.34. The molecule has 1 aliphatic heterocycles. The van der Waals surface area contributed by atoms with Gasteiger partial charge < -0.3 is 14.6 Å². The predicted molar refractivity (Wildman–Crippen MR) is 58.6 cm³/mol. The van der Waals surface area contributed by atoms with Crippen molar-refractivity contribution in [1.82, 2.24) is 5.32 Å². The van der Waals surface area contributed by atoms with Gasteiger partial charge in [-0.2, -0.15) is 0 Å². The van der Waals surface area contributed by atoms with Crippen LogP contribution in [0.2, 0.25) is 0 Å². The molecule has 2 rings (SSSR count). The first-order chi connectivity index (χ1) is 7.79. The summed E-state index contributed by atoms with van der Waals surface area (Å²) in [6.45, 7) is 0.454. The van der Waals surface area contributed by atoms with Gasteiger partial charge in [0, 0.05) is 0 Å². The van der Waals surface area contributed by atoms with Gasteiger partial charge in [0.05, 0.1) is 18.8 Å². The Balaban J connectivity index is 1.85. The molecule has 3 atom stereocenters. The van der Waals surface area contributed by atoms with Crippen molar-refractivity contribution >= 4 is 6.29 Å². The molecule has 0 bridgehead atoms. The third-order valence-corrected chi connectivity index (χ3v) is 2.69. The third kappa shape index (κ3) is 2.66. The van der Waals surface area contributed by atoms with E-state index in [9.17, 15) is 9.90 Å². The molecule has 2 N–H and O–H groups in total. The van der Waals surface area contributed by atoms with Crippen molar-refractivity contribution in [2.24, 2.45) is 0 Å². The summed E-state index contributed by atoms with van der Waals surface area (Å²) in [5.41, 5.74) is 1.06. The van der Waals surface area contributed by atoms with Crippen LogP contribution in [0.1, 0.15) is 12.0 Å². The molecule has 4 nitrogen and oxygen atoms in total. The molecular weight excluding hydrogens is 206 g/mol. The highest BCUT2D eigenvalue weighted by Crippen LogP contribution is 2.16. The number of carbonyl (C=O) groups excluding carboxylic acids is 1. The summed E-state index contributed by atoms with van der Waals surface area (Å²) in [4.78, 5) is 10.5. The van der Waals surface area contributed by atoms with Gasteiger partial charge in [-0.25, -0.2) is 0 Å². The average Bonchev–Trinajstić information content (AvgIpc) is 2.69. The van der Waals surface area contributed by atoms with Gasteiger partial charge in [-0.1, -0.05) is 30.3 Å². The summed E-state index contributed by atoms with van der Waals surface area (Å²) in [7, 11) is 0. The number of rotatable bonds is 4. The lowest BCUT2D eigenvalue weighted by Gasteiger charge is -2.14. The lowest BCUT2D eigenvalue weighted by atomic mass is 10.2. The number of carbonyl (C=O) groups is 1. The molecule has 0 spiro atoms. The van der Waals surface area contributed by atoms with Crippen LogP contribution in [0, 0.1) is 0 Å². The normalized spacial score (nSPS) is 29.2. The Morgan fingerprint density at radius 1 is 1.44 bits per heavy atom. The van der Waals surface area contributed by atoms with Crippen molar-refractivity contribution in [2.45, 2.75) is 31.4 Å². The zero-order valence-electron chi connectivity index (χ0n) is 8.87. The number of aliphatic hydroxyl groups is 1. The Kier molecular flexibility index (Phi) is 3.66. The van der Waals surface area contributed by atoms with Crippen LogP contribution in [0.25, 0.3) is 0 Å². The lowest BCUT2D eigenvalue weighted by Crippen LogP contribution is -2.34. The van der Waals surface area contributed by atoms with Gasteiger partial charge >= 0.3 is 0 Å². The minimum Gasteiger partial charge on any atom is -0.376 e. The first kappa shape index (κ1) is 11.3. The van der Waals surface area contributed by atoms with Crippen LogP contribution in [0.3, 0.4) is 0 Å². The largest absolute Gasteiger partial charge is 0.376 e. The summed E-state index contributed by atoms with van der Waals surface area (Å²) in [6.07, 6.45) is 0.265. The van der Waals surface area contributed by atoms with E-state index >= 15 is 0 Å². The lowest BCUT2D eigenvalue weighted by molar-refractivity contribution is -0.109. The minimum absolute atomic E-state index is 0.296. The third-order valence-electron chi connectivity index (χ3n) is 2.69. The fourth-order valence-corrected chi connectivity index (χ4v) is 1.81. The van der Waals surface area contributed by atoms with Crippen molar-refractivity contribution in [3.05, 3.63) is 35.9 Å². The van der Waals surface area contributed by atoms with E-state index in [-0.39, 0.29) is 12.1 Å². The monoisotopic (exact) mass is 221 g/mol. The first-order valence-electron chi connectivity index (χ1n) is 5.34. The van der Waals surface area contributed by atoms with Crippen LogP contribution in [-0.2, 0) is 16.1 Å². The van der Waals surface area contributed by atoms with Crippen molar-refractivity contribution < 1.29 is 14.6 Å². The van der Waals surface area contributed by atoms with Crippen LogP contribution >= 0.6 is 0 Å². The maximum Gasteiger partial charge on any atom is 0.137 e. The van der Waals surface area contributed by atoms with Gasteiger partial charge in [0.25, 0.3) is 0 Å². The highest BCUT2D eigenvalue weighted by atomic mass is 16.5. The molecule has 1 aromatic carbocycles. The predicted octanol–water partition coefficient (Wildman–Crippen LogP) is 0.451. The van der Waals surface area contributed by atoms with Crippen LogP contribution < -0.4 is 5.32 Å². The molecule has 1 aliphatic rings. The fraction of sp³-hybridized carbons (Fsp3) is 0.417. The summed E-state index contributed by atoms with van der Waals surface area (Å²) >= 11 is 0. The van der Waals surface area contributed by atoms with Crippen molar-refractivity contribution in [2.75, 3.05) is 0 Å².